The van der Waals surface area contributed by atoms with Gasteiger partial charge in [0.2, 0.25) is 0 Å². The van der Waals surface area contributed by atoms with E-state index in [4.69, 9.17) is 17.3 Å². The van der Waals surface area contributed by atoms with E-state index < -0.39 is 6.03 Å². The third kappa shape index (κ3) is 1.85. The Bertz CT molecular complexity index is 412. The fourth-order valence-corrected chi connectivity index (χ4v) is 2.05. The van der Waals surface area contributed by atoms with Crippen LogP contribution < -0.4 is 10.7 Å². The maximum Gasteiger partial charge on any atom is 0.343 e. The number of rotatable bonds is 1. The van der Waals surface area contributed by atoms with Crippen molar-refractivity contribution in [1.82, 2.24) is 4.41 Å². The fraction of sp³-hybridized carbons (Fsp3) is 0.222. The van der Waals surface area contributed by atoms with Crippen LogP contribution >= 0.6 is 24.4 Å². The summed E-state index contributed by atoms with van der Waals surface area (Å²) in [6, 6.07) is 4.93. The molecular weight excluding hydrogens is 234 g/mol. The highest BCUT2D eigenvalue weighted by molar-refractivity contribution is 7.78. The summed E-state index contributed by atoms with van der Waals surface area (Å²) >= 11 is 9.89. The van der Waals surface area contributed by atoms with Crippen LogP contribution in [0.25, 0.3) is 0 Å². The number of halogens is 1. The minimum Gasteiger partial charge on any atom is -0.349 e. The van der Waals surface area contributed by atoms with Crippen LogP contribution in [-0.2, 0) is 6.42 Å². The van der Waals surface area contributed by atoms with Gasteiger partial charge in [-0.3, -0.25) is 5.01 Å². The summed E-state index contributed by atoms with van der Waals surface area (Å²) in [6.07, 6.45) is 0.834. The number of hydrazine groups is 1. The number of amides is 2. The van der Waals surface area contributed by atoms with Crippen molar-refractivity contribution in [1.29, 1.82) is 0 Å². The van der Waals surface area contributed by atoms with Gasteiger partial charge in [-0.1, -0.05) is 11.6 Å². The number of primary amides is 1. The maximum atomic E-state index is 11.0. The Balaban J connectivity index is 2.32. The molecule has 0 radical (unpaired) electrons. The number of hydrogen-bond acceptors (Lipinski definition) is 3. The van der Waals surface area contributed by atoms with Crippen molar-refractivity contribution in [3.8, 4) is 0 Å². The molecule has 0 atom stereocenters. The summed E-state index contributed by atoms with van der Waals surface area (Å²) in [5.41, 5.74) is 7.17. The highest BCUT2D eigenvalue weighted by atomic mass is 35.5. The average Bonchev–Trinajstić information content (AvgIpc) is 2.59. The standard InChI is InChI=1S/C9H10ClN3OS/c10-7-1-2-8-6(5-7)3-4-12(8)13(15)9(11)14/h1-2,5,15H,3-4H2,(H2,11,14). The Morgan fingerprint density at radius 3 is 3.00 bits per heavy atom. The number of carbonyl (C=O) groups is 1. The predicted octanol–water partition coefficient (Wildman–Crippen LogP) is 1.84. The second-order valence-corrected chi connectivity index (χ2v) is 4.09. The van der Waals surface area contributed by atoms with Gasteiger partial charge in [-0.25, -0.2) is 4.79 Å². The molecule has 0 unspecified atom stereocenters. The number of thiol groups is 1. The average molecular weight is 244 g/mol. The van der Waals surface area contributed by atoms with E-state index in [0.717, 1.165) is 22.1 Å². The van der Waals surface area contributed by atoms with Gasteiger partial charge in [-0.05, 0) is 43.0 Å². The molecule has 1 aliphatic heterocycles. The Morgan fingerprint density at radius 1 is 1.60 bits per heavy atom. The van der Waals surface area contributed by atoms with E-state index in [1.54, 1.807) is 11.1 Å². The number of anilines is 1. The van der Waals surface area contributed by atoms with E-state index in [-0.39, 0.29) is 0 Å². The molecule has 2 N–H and O–H groups in total. The highest BCUT2D eigenvalue weighted by Crippen LogP contribution is 2.31. The Kier molecular flexibility index (Phi) is 2.67. The Hall–Kier alpha value is -1.07. The van der Waals surface area contributed by atoms with E-state index in [1.165, 1.54) is 0 Å². The predicted molar refractivity (Wildman–Crippen MR) is 62.9 cm³/mol. The molecule has 0 aromatic heterocycles. The number of hydrogen-bond donors (Lipinski definition) is 2. The van der Waals surface area contributed by atoms with E-state index in [0.29, 0.717) is 11.6 Å². The van der Waals surface area contributed by atoms with Crippen molar-refractivity contribution in [2.45, 2.75) is 6.42 Å². The number of nitrogens with zero attached hydrogens (tertiary/aromatic N) is 2. The lowest BCUT2D eigenvalue weighted by molar-refractivity contribution is 0.233. The molecule has 0 spiro atoms. The summed E-state index contributed by atoms with van der Waals surface area (Å²) in [4.78, 5) is 11.0. The zero-order valence-electron chi connectivity index (χ0n) is 7.85. The monoisotopic (exact) mass is 243 g/mol. The van der Waals surface area contributed by atoms with Crippen molar-refractivity contribution >= 4 is 36.1 Å². The lowest BCUT2D eigenvalue weighted by Gasteiger charge is -2.26. The quantitative estimate of drug-likeness (QED) is 0.740. The molecule has 1 heterocycles. The first-order valence-electron chi connectivity index (χ1n) is 4.44. The molecule has 0 aliphatic carbocycles. The van der Waals surface area contributed by atoms with Gasteiger partial charge in [0, 0.05) is 11.6 Å². The van der Waals surface area contributed by atoms with Crippen molar-refractivity contribution in [3.63, 3.8) is 0 Å². The van der Waals surface area contributed by atoms with Gasteiger partial charge in [0.1, 0.15) is 0 Å². The summed E-state index contributed by atoms with van der Waals surface area (Å²) in [5.74, 6) is 0. The minimum absolute atomic E-state index is 0.596. The van der Waals surface area contributed by atoms with Gasteiger partial charge in [0.25, 0.3) is 0 Å². The van der Waals surface area contributed by atoms with Gasteiger partial charge in [0.15, 0.2) is 0 Å². The van der Waals surface area contributed by atoms with Crippen molar-refractivity contribution in [2.75, 3.05) is 11.6 Å². The van der Waals surface area contributed by atoms with Crippen LogP contribution in [0, 0.1) is 0 Å². The van der Waals surface area contributed by atoms with Crippen LogP contribution in [0.15, 0.2) is 18.2 Å². The normalized spacial score (nSPS) is 13.9. The van der Waals surface area contributed by atoms with Crippen molar-refractivity contribution < 1.29 is 4.79 Å². The number of benzene rings is 1. The number of nitrogens with two attached hydrogens (primary N) is 1. The molecule has 1 aromatic rings. The molecule has 4 nitrogen and oxygen atoms in total. The molecule has 2 amide bonds. The van der Waals surface area contributed by atoms with Crippen LogP contribution in [-0.4, -0.2) is 17.0 Å². The summed E-state index contributed by atoms with van der Waals surface area (Å²) in [5, 5.41) is 2.41. The van der Waals surface area contributed by atoms with E-state index in [9.17, 15) is 4.79 Å². The molecule has 0 saturated carbocycles. The van der Waals surface area contributed by atoms with Gasteiger partial charge in [-0.15, -0.1) is 0 Å². The topological polar surface area (TPSA) is 49.6 Å². The van der Waals surface area contributed by atoms with Gasteiger partial charge >= 0.3 is 6.03 Å². The zero-order valence-corrected chi connectivity index (χ0v) is 9.50. The van der Waals surface area contributed by atoms with Crippen LogP contribution in [0.4, 0.5) is 10.5 Å². The van der Waals surface area contributed by atoms with E-state index in [1.807, 2.05) is 12.1 Å². The first kappa shape index (κ1) is 10.4. The van der Waals surface area contributed by atoms with E-state index in [2.05, 4.69) is 12.8 Å². The van der Waals surface area contributed by atoms with Crippen LogP contribution in [0.2, 0.25) is 5.02 Å². The van der Waals surface area contributed by atoms with E-state index >= 15 is 0 Å². The summed E-state index contributed by atoms with van der Waals surface area (Å²) in [7, 11) is 0. The second kappa shape index (κ2) is 3.83. The minimum atomic E-state index is -0.596. The first-order chi connectivity index (χ1) is 7.09. The SMILES string of the molecule is NC(=O)N(S)N1CCc2cc(Cl)ccc21. The molecule has 1 aromatic carbocycles. The van der Waals surface area contributed by atoms with Gasteiger partial charge in [-0.2, -0.15) is 4.41 Å². The third-order valence-electron chi connectivity index (χ3n) is 2.34. The van der Waals surface area contributed by atoms with Gasteiger partial charge < -0.3 is 5.73 Å². The third-order valence-corrected chi connectivity index (χ3v) is 2.99. The first-order valence-corrected chi connectivity index (χ1v) is 5.21. The molecule has 80 valence electrons. The maximum absolute atomic E-state index is 11.0. The van der Waals surface area contributed by atoms with Crippen molar-refractivity contribution in [3.05, 3.63) is 28.8 Å². The highest BCUT2D eigenvalue weighted by Gasteiger charge is 2.24. The molecule has 6 heteroatoms. The number of fused-ring (bicyclic) bond motifs is 1. The van der Waals surface area contributed by atoms with Crippen LogP contribution in [0.1, 0.15) is 5.56 Å². The smallest absolute Gasteiger partial charge is 0.343 e. The Morgan fingerprint density at radius 2 is 2.33 bits per heavy atom. The molecule has 2 rings (SSSR count). The van der Waals surface area contributed by atoms with Crippen LogP contribution in [0.5, 0.6) is 0 Å². The molecule has 0 saturated heterocycles. The van der Waals surface area contributed by atoms with Crippen molar-refractivity contribution in [2.24, 2.45) is 5.73 Å². The number of urea groups is 1. The molecule has 15 heavy (non-hydrogen) atoms. The second-order valence-electron chi connectivity index (χ2n) is 3.27. The lowest BCUT2D eigenvalue weighted by Crippen LogP contribution is -2.42. The fourth-order valence-electron chi connectivity index (χ4n) is 1.67. The summed E-state index contributed by atoms with van der Waals surface area (Å²) in [6.45, 7) is 0.683. The Labute approximate surface area is 98.1 Å². The lowest BCUT2D eigenvalue weighted by atomic mass is 10.2. The summed E-state index contributed by atoms with van der Waals surface area (Å²) < 4.78 is 1.11. The number of carbonyl (C=O) groups excluding carboxylic acids is 1. The largest absolute Gasteiger partial charge is 0.349 e. The molecular formula is C9H10ClN3OS. The van der Waals surface area contributed by atoms with Gasteiger partial charge in [0.05, 0.1) is 5.69 Å². The molecule has 0 bridgehead atoms. The molecule has 1 aliphatic rings. The molecule has 0 fully saturated rings. The zero-order chi connectivity index (χ0) is 11.0. The van der Waals surface area contributed by atoms with Crippen LogP contribution in [0.3, 0.4) is 0 Å².